The summed E-state index contributed by atoms with van der Waals surface area (Å²) >= 11 is 0. The van der Waals surface area contributed by atoms with E-state index in [0.717, 1.165) is 34.8 Å². The van der Waals surface area contributed by atoms with Gasteiger partial charge in [-0.2, -0.15) is 0 Å². The van der Waals surface area contributed by atoms with E-state index in [2.05, 4.69) is 0 Å². The van der Waals surface area contributed by atoms with Crippen LogP contribution in [0.2, 0.25) is 0 Å². The minimum absolute atomic E-state index is 0.0906. The Morgan fingerprint density at radius 2 is 1.53 bits per heavy atom. The summed E-state index contributed by atoms with van der Waals surface area (Å²) in [6, 6.07) is -1.42. The van der Waals surface area contributed by atoms with Crippen molar-refractivity contribution in [1.29, 1.82) is 0 Å². The second kappa shape index (κ2) is 17.0. The Kier molecular flexibility index (Phi) is 14.4. The highest BCUT2D eigenvalue weighted by Crippen LogP contribution is 2.56. The summed E-state index contributed by atoms with van der Waals surface area (Å²) in [4.78, 5) is 75.8. The zero-order chi connectivity index (χ0) is 33.9. The number of rotatable bonds is 17. The van der Waals surface area contributed by atoms with E-state index in [4.69, 9.17) is 42.0 Å². The van der Waals surface area contributed by atoms with Crippen LogP contribution in [0.4, 0.5) is 4.79 Å². The first-order valence-electron chi connectivity index (χ1n) is 14.5. The Bertz CT molecular complexity index is 1130. The van der Waals surface area contributed by atoms with Crippen LogP contribution in [0.5, 0.6) is 0 Å². The molecule has 2 saturated heterocycles. The number of carbonyl (C=O) groups is 6. The van der Waals surface area contributed by atoms with Gasteiger partial charge in [-0.05, 0) is 12.8 Å². The Hall–Kier alpha value is -3.11. The Labute approximate surface area is 261 Å². The number of carbonyl (C=O) groups excluding carboxylic acids is 6. The SMILES string of the molecule is CCCCOP(=O)(OCCCC)O[C@@]1(C(=O)OC)C[C@@H]2OC(=O)N(C(C)=O)[C@H]2[C@H]([C@H](OC(C)=O)[C@@H](COC(C)=O)OC(C)=O)O1. The summed E-state index contributed by atoms with van der Waals surface area (Å²) in [5.74, 6) is -7.43. The maximum atomic E-state index is 14.0. The lowest BCUT2D eigenvalue weighted by Gasteiger charge is -2.47. The maximum absolute atomic E-state index is 14.0. The molecule has 0 bridgehead atoms. The monoisotopic (exact) mass is 667 g/mol. The van der Waals surface area contributed by atoms with Gasteiger partial charge in [0.2, 0.25) is 5.91 Å². The van der Waals surface area contributed by atoms with Crippen LogP contribution in [-0.2, 0) is 70.5 Å². The van der Waals surface area contributed by atoms with E-state index in [0.29, 0.717) is 30.6 Å². The average molecular weight is 668 g/mol. The third-order valence-electron chi connectivity index (χ3n) is 6.61. The summed E-state index contributed by atoms with van der Waals surface area (Å²) in [7, 11) is -3.65. The van der Waals surface area contributed by atoms with Crippen molar-refractivity contribution in [2.24, 2.45) is 0 Å². The van der Waals surface area contributed by atoms with E-state index < -0.39 is 93.0 Å². The van der Waals surface area contributed by atoms with Gasteiger partial charge in [-0.25, -0.2) is 23.6 Å². The van der Waals surface area contributed by atoms with Crippen LogP contribution in [0, 0.1) is 0 Å². The number of phosphoric ester groups is 1. The highest BCUT2D eigenvalue weighted by molar-refractivity contribution is 7.48. The molecule has 0 aliphatic carbocycles. The van der Waals surface area contributed by atoms with Crippen molar-refractivity contribution in [3.05, 3.63) is 0 Å². The van der Waals surface area contributed by atoms with Crippen LogP contribution in [0.15, 0.2) is 0 Å². The van der Waals surface area contributed by atoms with Gasteiger partial charge in [-0.3, -0.25) is 28.2 Å². The number of esters is 4. The lowest BCUT2D eigenvalue weighted by atomic mass is 9.88. The number of nitrogens with zero attached hydrogens (tertiary/aromatic N) is 1. The highest BCUT2D eigenvalue weighted by Gasteiger charge is 2.66. The first-order valence-corrected chi connectivity index (χ1v) is 15.9. The number of amides is 2. The molecule has 256 valence electrons. The molecule has 2 rings (SSSR count). The summed E-state index contributed by atoms with van der Waals surface area (Å²) in [5.41, 5.74) is 0. The molecule has 2 aliphatic rings. The van der Waals surface area contributed by atoms with Crippen LogP contribution in [0.1, 0.15) is 73.6 Å². The molecule has 2 heterocycles. The summed E-state index contributed by atoms with van der Waals surface area (Å²) in [6.07, 6.45) is -6.20. The largest absolute Gasteiger partial charge is 0.477 e. The number of phosphoric acid groups is 1. The minimum Gasteiger partial charge on any atom is -0.465 e. The summed E-state index contributed by atoms with van der Waals surface area (Å²) in [5, 5.41) is 0. The molecule has 0 aromatic rings. The smallest absolute Gasteiger partial charge is 0.465 e. The van der Waals surface area contributed by atoms with Gasteiger partial charge in [-0.1, -0.05) is 26.7 Å². The fourth-order valence-corrected chi connectivity index (χ4v) is 6.16. The summed E-state index contributed by atoms with van der Waals surface area (Å²) < 4.78 is 63.1. The molecule has 0 unspecified atom stereocenters. The molecule has 6 atom stereocenters. The number of ether oxygens (including phenoxy) is 6. The number of methoxy groups -OCH3 is 1. The first kappa shape index (κ1) is 38.1. The van der Waals surface area contributed by atoms with E-state index in [1.165, 1.54) is 0 Å². The van der Waals surface area contributed by atoms with Gasteiger partial charge in [0.05, 0.1) is 26.7 Å². The lowest BCUT2D eigenvalue weighted by molar-refractivity contribution is -0.290. The molecule has 0 saturated carbocycles. The standard InChI is InChI=1S/C27H42NO16P/c1-8-10-12-38-45(35,39-13-11-9-2)44-27(25(33)36-7)14-20-22(28(16(3)29)26(34)42-20)24(43-27)23(41-19(6)32)21(40-18(5)31)15-37-17(4)30/h20-24H,8-15H2,1-7H3/t20-,21+,22+,23+,24+,27+/m0/s1. The molecule has 0 N–H and O–H groups in total. The summed E-state index contributed by atoms with van der Waals surface area (Å²) in [6.45, 7) is 7.02. The van der Waals surface area contributed by atoms with Gasteiger partial charge < -0.3 is 28.4 Å². The molecular formula is C27H42NO16P. The average Bonchev–Trinajstić information content (AvgIpc) is 3.28. The van der Waals surface area contributed by atoms with Crippen molar-refractivity contribution in [3.63, 3.8) is 0 Å². The quantitative estimate of drug-likeness (QED) is 0.0945. The number of unbranched alkanes of at least 4 members (excludes halogenated alkanes) is 2. The molecule has 2 fully saturated rings. The van der Waals surface area contributed by atoms with E-state index >= 15 is 0 Å². The van der Waals surface area contributed by atoms with Crippen molar-refractivity contribution in [3.8, 4) is 0 Å². The van der Waals surface area contributed by atoms with Crippen molar-refractivity contribution in [1.82, 2.24) is 4.90 Å². The van der Waals surface area contributed by atoms with E-state index in [1.807, 2.05) is 13.8 Å². The lowest BCUT2D eigenvalue weighted by Crippen LogP contribution is -2.67. The van der Waals surface area contributed by atoms with Gasteiger partial charge in [-0.15, -0.1) is 0 Å². The van der Waals surface area contributed by atoms with Gasteiger partial charge >= 0.3 is 37.8 Å². The normalized spacial score (nSPS) is 24.1. The molecular weight excluding hydrogens is 625 g/mol. The third kappa shape index (κ3) is 10.2. The number of hydrogen-bond acceptors (Lipinski definition) is 16. The van der Waals surface area contributed by atoms with Gasteiger partial charge in [0, 0.05) is 27.7 Å². The third-order valence-corrected chi connectivity index (χ3v) is 8.13. The fraction of sp³-hybridized carbons (Fsp3) is 0.778. The van der Waals surface area contributed by atoms with Crippen LogP contribution < -0.4 is 0 Å². The molecule has 2 aliphatic heterocycles. The Morgan fingerprint density at radius 3 is 2.00 bits per heavy atom. The van der Waals surface area contributed by atoms with Gasteiger partial charge in [0.15, 0.2) is 12.2 Å². The van der Waals surface area contributed by atoms with Crippen molar-refractivity contribution >= 4 is 43.7 Å². The van der Waals surface area contributed by atoms with Crippen LogP contribution in [0.3, 0.4) is 0 Å². The van der Waals surface area contributed by atoms with Crippen molar-refractivity contribution in [2.45, 2.75) is 110 Å². The molecule has 0 aromatic carbocycles. The van der Waals surface area contributed by atoms with E-state index in [-0.39, 0.29) is 13.2 Å². The number of hydrogen-bond donors (Lipinski definition) is 0. The molecule has 2 amide bonds. The zero-order valence-electron chi connectivity index (χ0n) is 26.5. The second-order valence-electron chi connectivity index (χ2n) is 10.3. The Morgan fingerprint density at radius 1 is 0.956 bits per heavy atom. The topological polar surface area (TPSA) is 206 Å². The predicted octanol–water partition coefficient (Wildman–Crippen LogP) is 2.57. The first-order chi connectivity index (χ1) is 21.1. The van der Waals surface area contributed by atoms with Crippen LogP contribution in [-0.4, -0.2) is 104 Å². The predicted molar refractivity (Wildman–Crippen MR) is 149 cm³/mol. The Balaban J connectivity index is 2.76. The van der Waals surface area contributed by atoms with Crippen molar-refractivity contribution < 1.29 is 75.3 Å². The highest BCUT2D eigenvalue weighted by atomic mass is 31.2. The molecule has 0 aromatic heterocycles. The fourth-order valence-electron chi connectivity index (χ4n) is 4.72. The van der Waals surface area contributed by atoms with Gasteiger partial charge in [0.1, 0.15) is 24.9 Å². The molecule has 45 heavy (non-hydrogen) atoms. The van der Waals surface area contributed by atoms with Crippen molar-refractivity contribution in [2.75, 3.05) is 26.9 Å². The number of imide groups is 1. The van der Waals surface area contributed by atoms with E-state index in [1.54, 1.807) is 0 Å². The van der Waals surface area contributed by atoms with Gasteiger partial charge in [0.25, 0.3) is 5.79 Å². The molecule has 0 spiro atoms. The minimum atomic E-state index is -4.63. The number of fused-ring (bicyclic) bond motifs is 1. The zero-order valence-corrected chi connectivity index (χ0v) is 27.4. The van der Waals surface area contributed by atoms with E-state index in [9.17, 15) is 33.3 Å². The maximum Gasteiger partial charge on any atom is 0.477 e. The second-order valence-corrected chi connectivity index (χ2v) is 11.9. The van der Waals surface area contributed by atoms with Crippen LogP contribution >= 0.6 is 7.82 Å². The molecule has 18 heteroatoms. The molecule has 17 nitrogen and oxygen atoms in total. The molecule has 0 radical (unpaired) electrons. The van der Waals surface area contributed by atoms with Crippen LogP contribution in [0.25, 0.3) is 0 Å².